The van der Waals surface area contributed by atoms with Crippen LogP contribution in [0.25, 0.3) is 0 Å². The summed E-state index contributed by atoms with van der Waals surface area (Å²) in [5, 5.41) is 1.86. The van der Waals surface area contributed by atoms with Crippen LogP contribution in [0.5, 0.6) is 0 Å². The molecule has 0 unspecified atom stereocenters. The molecular weight excluding hydrogens is 446 g/mol. The van der Waals surface area contributed by atoms with E-state index in [2.05, 4.69) is 12.1 Å². The zero-order valence-electron chi connectivity index (χ0n) is 19.4. The van der Waals surface area contributed by atoms with Crippen molar-refractivity contribution in [1.29, 1.82) is 0 Å². The molecule has 6 nitrogen and oxygen atoms in total. The third-order valence-electron chi connectivity index (χ3n) is 6.15. The molecule has 4 rings (SSSR count). The van der Waals surface area contributed by atoms with Crippen LogP contribution in [-0.4, -0.2) is 60.7 Å². The number of piperazine rings is 1. The third kappa shape index (κ3) is 5.54. The monoisotopic (exact) mass is 475 g/mol. The van der Waals surface area contributed by atoms with E-state index in [1.807, 2.05) is 46.7 Å². The highest BCUT2D eigenvalue weighted by Gasteiger charge is 2.27. The molecule has 176 valence electrons. The number of anilines is 1. The van der Waals surface area contributed by atoms with Gasteiger partial charge in [0.05, 0.1) is 16.1 Å². The minimum Gasteiger partial charge on any atom is -0.339 e. The minimum atomic E-state index is -0.138. The fourth-order valence-corrected chi connectivity index (χ4v) is 4.90. The van der Waals surface area contributed by atoms with Gasteiger partial charge >= 0.3 is 0 Å². The number of rotatable bonds is 7. The van der Waals surface area contributed by atoms with Crippen molar-refractivity contribution in [3.05, 3.63) is 88.1 Å². The molecule has 1 fully saturated rings. The summed E-state index contributed by atoms with van der Waals surface area (Å²) < 4.78 is 0. The van der Waals surface area contributed by atoms with Gasteiger partial charge in [0, 0.05) is 39.6 Å². The highest BCUT2D eigenvalue weighted by atomic mass is 32.1. The number of amides is 3. The quantitative estimate of drug-likeness (QED) is 0.511. The SMILES string of the molecule is CN(C(=O)c1cccs1)c1ccccc1C(=O)N1CCN(C(=O)CCCc2ccccc2)CC1. The van der Waals surface area contributed by atoms with Crippen LogP contribution in [-0.2, 0) is 11.2 Å². The summed E-state index contributed by atoms with van der Waals surface area (Å²) in [6.07, 6.45) is 2.22. The van der Waals surface area contributed by atoms with Crippen molar-refractivity contribution in [3.63, 3.8) is 0 Å². The van der Waals surface area contributed by atoms with Crippen LogP contribution in [0.1, 0.15) is 38.4 Å². The summed E-state index contributed by atoms with van der Waals surface area (Å²) in [7, 11) is 1.69. The van der Waals surface area contributed by atoms with E-state index in [0.717, 1.165) is 12.8 Å². The fourth-order valence-electron chi connectivity index (χ4n) is 4.20. The second kappa shape index (κ2) is 11.1. The van der Waals surface area contributed by atoms with Gasteiger partial charge in [-0.1, -0.05) is 48.5 Å². The molecule has 3 aromatic rings. The lowest BCUT2D eigenvalue weighted by atomic mass is 10.1. The number of carbonyl (C=O) groups excluding carboxylic acids is 3. The molecule has 1 saturated heterocycles. The number of carbonyl (C=O) groups is 3. The molecule has 3 amide bonds. The van der Waals surface area contributed by atoms with Gasteiger partial charge in [-0.3, -0.25) is 14.4 Å². The Kier molecular flexibility index (Phi) is 7.75. The average molecular weight is 476 g/mol. The van der Waals surface area contributed by atoms with E-state index in [1.165, 1.54) is 21.8 Å². The molecule has 0 bridgehead atoms. The Labute approximate surface area is 204 Å². The number of hydrogen-bond acceptors (Lipinski definition) is 4. The molecule has 0 aliphatic carbocycles. The fraction of sp³-hybridized carbons (Fsp3) is 0.296. The summed E-state index contributed by atoms with van der Waals surface area (Å²) in [5.41, 5.74) is 2.33. The Morgan fingerprint density at radius 1 is 0.853 bits per heavy atom. The van der Waals surface area contributed by atoms with E-state index in [4.69, 9.17) is 0 Å². The molecule has 1 aromatic heterocycles. The van der Waals surface area contributed by atoms with Crippen LogP contribution in [0, 0.1) is 0 Å². The largest absolute Gasteiger partial charge is 0.339 e. The number of aryl methyl sites for hydroxylation is 1. The van der Waals surface area contributed by atoms with Crippen LogP contribution in [0.3, 0.4) is 0 Å². The summed E-state index contributed by atoms with van der Waals surface area (Å²) in [6, 6.07) is 21.0. The Morgan fingerprint density at radius 2 is 1.53 bits per heavy atom. The van der Waals surface area contributed by atoms with Gasteiger partial charge < -0.3 is 14.7 Å². The second-order valence-electron chi connectivity index (χ2n) is 8.37. The lowest BCUT2D eigenvalue weighted by molar-refractivity contribution is -0.132. The highest BCUT2D eigenvalue weighted by molar-refractivity contribution is 7.12. The van der Waals surface area contributed by atoms with Gasteiger partial charge in [0.25, 0.3) is 11.8 Å². The van der Waals surface area contributed by atoms with E-state index in [-0.39, 0.29) is 17.7 Å². The van der Waals surface area contributed by atoms with Gasteiger partial charge in [-0.25, -0.2) is 0 Å². The zero-order valence-corrected chi connectivity index (χ0v) is 20.2. The van der Waals surface area contributed by atoms with Crippen molar-refractivity contribution in [2.24, 2.45) is 0 Å². The minimum absolute atomic E-state index is 0.113. The molecule has 0 radical (unpaired) electrons. The van der Waals surface area contributed by atoms with Crippen LogP contribution in [0.2, 0.25) is 0 Å². The van der Waals surface area contributed by atoms with Crippen LogP contribution >= 0.6 is 11.3 Å². The third-order valence-corrected chi connectivity index (χ3v) is 7.01. The Hall–Kier alpha value is -3.45. The Bertz CT molecular complexity index is 1120. The molecule has 34 heavy (non-hydrogen) atoms. The lowest BCUT2D eigenvalue weighted by Crippen LogP contribution is -2.50. The zero-order chi connectivity index (χ0) is 23.9. The standard InChI is InChI=1S/C27H29N3O3S/c1-28(27(33)24-14-8-20-34-24)23-13-6-5-12-22(23)26(32)30-18-16-29(17-19-30)25(31)15-7-11-21-9-3-2-4-10-21/h2-6,8-10,12-14,20H,7,11,15-19H2,1H3. The maximum atomic E-state index is 13.3. The first-order valence-corrected chi connectivity index (χ1v) is 12.4. The first-order chi connectivity index (χ1) is 16.5. The van der Waals surface area contributed by atoms with Crippen molar-refractivity contribution in [2.75, 3.05) is 38.1 Å². The molecule has 0 atom stereocenters. The van der Waals surface area contributed by atoms with Crippen molar-refractivity contribution < 1.29 is 14.4 Å². The predicted molar refractivity (Wildman–Crippen MR) is 135 cm³/mol. The van der Waals surface area contributed by atoms with Crippen LogP contribution in [0.15, 0.2) is 72.1 Å². The molecule has 2 aromatic carbocycles. The predicted octanol–water partition coefficient (Wildman–Crippen LogP) is 4.33. The van der Waals surface area contributed by atoms with Crippen LogP contribution in [0.4, 0.5) is 5.69 Å². The van der Waals surface area contributed by atoms with Gasteiger partial charge in [-0.2, -0.15) is 0 Å². The summed E-state index contributed by atoms with van der Waals surface area (Å²) in [4.78, 5) is 44.6. The van der Waals surface area contributed by atoms with Gasteiger partial charge in [0.2, 0.25) is 5.91 Å². The van der Waals surface area contributed by atoms with Crippen molar-refractivity contribution in [2.45, 2.75) is 19.3 Å². The molecule has 1 aliphatic heterocycles. The Morgan fingerprint density at radius 3 is 2.24 bits per heavy atom. The number of thiophene rings is 1. The van der Waals surface area contributed by atoms with E-state index in [9.17, 15) is 14.4 Å². The molecule has 0 saturated carbocycles. The molecule has 2 heterocycles. The van der Waals surface area contributed by atoms with Crippen molar-refractivity contribution in [1.82, 2.24) is 9.80 Å². The number of para-hydroxylation sites is 1. The van der Waals surface area contributed by atoms with Gasteiger partial charge in [0.15, 0.2) is 0 Å². The maximum Gasteiger partial charge on any atom is 0.268 e. The number of nitrogens with zero attached hydrogens (tertiary/aromatic N) is 3. The number of benzene rings is 2. The molecular formula is C27H29N3O3S. The highest BCUT2D eigenvalue weighted by Crippen LogP contribution is 2.24. The van der Waals surface area contributed by atoms with Crippen LogP contribution < -0.4 is 4.90 Å². The topological polar surface area (TPSA) is 60.9 Å². The molecule has 7 heteroatoms. The lowest BCUT2D eigenvalue weighted by Gasteiger charge is -2.35. The van der Waals surface area contributed by atoms with E-state index >= 15 is 0 Å². The molecule has 1 aliphatic rings. The smallest absolute Gasteiger partial charge is 0.268 e. The molecule has 0 spiro atoms. The Balaban J connectivity index is 1.33. The van der Waals surface area contributed by atoms with Gasteiger partial charge in [-0.05, 0) is 42.0 Å². The summed E-state index contributed by atoms with van der Waals surface area (Å²) in [6.45, 7) is 2.03. The number of hydrogen-bond donors (Lipinski definition) is 0. The van der Waals surface area contributed by atoms with E-state index in [1.54, 1.807) is 30.1 Å². The average Bonchev–Trinajstić information content (AvgIpc) is 3.43. The first kappa shape index (κ1) is 23.7. The summed E-state index contributed by atoms with van der Waals surface area (Å²) >= 11 is 1.38. The van der Waals surface area contributed by atoms with E-state index < -0.39 is 0 Å². The second-order valence-corrected chi connectivity index (χ2v) is 9.32. The van der Waals surface area contributed by atoms with Crippen molar-refractivity contribution in [3.8, 4) is 0 Å². The van der Waals surface area contributed by atoms with Gasteiger partial charge in [-0.15, -0.1) is 11.3 Å². The van der Waals surface area contributed by atoms with Crippen molar-refractivity contribution >= 4 is 34.7 Å². The summed E-state index contributed by atoms with van der Waals surface area (Å²) in [5.74, 6) is -0.108. The normalized spacial score (nSPS) is 13.6. The first-order valence-electron chi connectivity index (χ1n) is 11.6. The molecule has 0 N–H and O–H groups in total. The maximum absolute atomic E-state index is 13.3. The van der Waals surface area contributed by atoms with E-state index in [0.29, 0.717) is 48.7 Å². The van der Waals surface area contributed by atoms with Gasteiger partial charge in [0.1, 0.15) is 0 Å².